The quantitative estimate of drug-likeness (QED) is 0.812. The fourth-order valence-electron chi connectivity index (χ4n) is 1.92. The van der Waals surface area contributed by atoms with Crippen molar-refractivity contribution in [1.82, 2.24) is 0 Å². The van der Waals surface area contributed by atoms with Crippen LogP contribution in [0.15, 0.2) is 42.5 Å². The second-order valence-electron chi connectivity index (χ2n) is 4.50. The largest absolute Gasteiger partial charge is 0.457 e. The van der Waals surface area contributed by atoms with Gasteiger partial charge in [0.15, 0.2) is 0 Å². The topological polar surface area (TPSA) is 35.2 Å². The van der Waals surface area contributed by atoms with Gasteiger partial charge in [0, 0.05) is 11.1 Å². The van der Waals surface area contributed by atoms with Crippen molar-refractivity contribution in [2.75, 3.05) is 0 Å². The van der Waals surface area contributed by atoms with Gasteiger partial charge < -0.3 is 10.5 Å². The Bertz CT molecular complexity index is 610. The predicted octanol–water partition coefficient (Wildman–Crippen LogP) is 4.72. The molecule has 2 aromatic rings. The molecule has 0 amide bonds. The molecule has 2 aromatic carbocycles. The van der Waals surface area contributed by atoms with Gasteiger partial charge >= 0.3 is 0 Å². The summed E-state index contributed by atoms with van der Waals surface area (Å²) in [5, 5.41) is 0.586. The van der Waals surface area contributed by atoms with Gasteiger partial charge in [0.2, 0.25) is 0 Å². The lowest BCUT2D eigenvalue weighted by Crippen LogP contribution is -2.10. The number of hydrogen-bond acceptors (Lipinski definition) is 2. The zero-order chi connectivity index (χ0) is 14.5. The Hall–Kier alpha value is -1.58. The molecule has 4 heteroatoms. The first-order valence-electron chi connectivity index (χ1n) is 6.46. The van der Waals surface area contributed by atoms with Crippen molar-refractivity contribution in [3.05, 3.63) is 58.6 Å². The smallest absolute Gasteiger partial charge is 0.139 e. The number of halogens is 1. The molecule has 0 spiro atoms. The van der Waals surface area contributed by atoms with Crippen LogP contribution in [0.3, 0.4) is 0 Å². The van der Waals surface area contributed by atoms with Crippen LogP contribution in [-0.2, 0) is 6.42 Å². The Kier molecular flexibility index (Phi) is 4.99. The average molecular weight is 306 g/mol. The Balaban J connectivity index is 2.25. The molecule has 2 nitrogen and oxygen atoms in total. The van der Waals surface area contributed by atoms with Crippen molar-refractivity contribution in [3.8, 4) is 11.5 Å². The van der Waals surface area contributed by atoms with Crippen LogP contribution < -0.4 is 10.5 Å². The number of benzene rings is 2. The van der Waals surface area contributed by atoms with E-state index in [2.05, 4.69) is 19.1 Å². The van der Waals surface area contributed by atoms with Gasteiger partial charge in [0.05, 0.1) is 5.56 Å². The molecule has 0 fully saturated rings. The van der Waals surface area contributed by atoms with Gasteiger partial charge in [0.25, 0.3) is 0 Å². The van der Waals surface area contributed by atoms with Gasteiger partial charge in [-0.05, 0) is 36.2 Å². The van der Waals surface area contributed by atoms with Gasteiger partial charge in [-0.3, -0.25) is 0 Å². The molecule has 0 aliphatic heterocycles. The maximum Gasteiger partial charge on any atom is 0.139 e. The predicted molar refractivity (Wildman–Crippen MR) is 87.9 cm³/mol. The van der Waals surface area contributed by atoms with E-state index in [0.29, 0.717) is 21.3 Å². The van der Waals surface area contributed by atoms with Gasteiger partial charge in [-0.2, -0.15) is 0 Å². The number of rotatable bonds is 5. The molecule has 2 N–H and O–H groups in total. The van der Waals surface area contributed by atoms with Crippen molar-refractivity contribution >= 4 is 28.8 Å². The molecular formula is C16H16ClNOS. The molecule has 104 valence electrons. The van der Waals surface area contributed by atoms with E-state index in [1.165, 1.54) is 5.56 Å². The summed E-state index contributed by atoms with van der Waals surface area (Å²) in [6.07, 6.45) is 2.19. The second-order valence-corrected chi connectivity index (χ2v) is 5.38. The summed E-state index contributed by atoms with van der Waals surface area (Å²) in [4.78, 5) is 0.291. The first kappa shape index (κ1) is 14.8. The van der Waals surface area contributed by atoms with E-state index in [1.807, 2.05) is 12.1 Å². The monoisotopic (exact) mass is 305 g/mol. The van der Waals surface area contributed by atoms with Crippen molar-refractivity contribution in [3.63, 3.8) is 0 Å². The first-order chi connectivity index (χ1) is 9.60. The lowest BCUT2D eigenvalue weighted by Gasteiger charge is -2.11. The molecule has 0 unspecified atom stereocenters. The Morgan fingerprint density at radius 2 is 1.90 bits per heavy atom. The highest BCUT2D eigenvalue weighted by atomic mass is 35.5. The molecule has 0 aliphatic rings. The lowest BCUT2D eigenvalue weighted by molar-refractivity contribution is 0.481. The molecule has 0 bridgehead atoms. The van der Waals surface area contributed by atoms with Gasteiger partial charge in [0.1, 0.15) is 16.5 Å². The number of hydrogen-bond donors (Lipinski definition) is 1. The minimum atomic E-state index is 0.291. The normalized spacial score (nSPS) is 10.3. The summed E-state index contributed by atoms with van der Waals surface area (Å²) >= 11 is 11.0. The number of nitrogens with two attached hydrogens (primary N) is 1. The standard InChI is InChI=1S/C16H16ClNOS/c1-2-3-11-4-7-13(8-5-11)19-15-10-12(17)6-9-14(15)16(18)20/h4-10H,2-3H2,1H3,(H2,18,20). The third kappa shape index (κ3) is 3.71. The average Bonchev–Trinajstić information content (AvgIpc) is 2.41. The van der Waals surface area contributed by atoms with E-state index in [0.717, 1.165) is 18.6 Å². The highest BCUT2D eigenvalue weighted by molar-refractivity contribution is 7.80. The summed E-state index contributed by atoms with van der Waals surface area (Å²) in [5.41, 5.74) is 7.66. The maximum absolute atomic E-state index is 5.99. The van der Waals surface area contributed by atoms with Crippen molar-refractivity contribution in [2.45, 2.75) is 19.8 Å². The zero-order valence-corrected chi connectivity index (χ0v) is 12.8. The van der Waals surface area contributed by atoms with E-state index in [1.54, 1.807) is 18.2 Å². The number of thiocarbonyl (C=S) groups is 1. The second kappa shape index (κ2) is 6.73. The third-order valence-corrected chi connectivity index (χ3v) is 3.35. The van der Waals surface area contributed by atoms with E-state index in [-0.39, 0.29) is 0 Å². The van der Waals surface area contributed by atoms with E-state index in [4.69, 9.17) is 34.3 Å². The van der Waals surface area contributed by atoms with Crippen LogP contribution in [-0.4, -0.2) is 4.99 Å². The zero-order valence-electron chi connectivity index (χ0n) is 11.2. The molecule has 2 rings (SSSR count). The molecule has 0 heterocycles. The van der Waals surface area contributed by atoms with Crippen LogP contribution in [0.25, 0.3) is 0 Å². The van der Waals surface area contributed by atoms with Gasteiger partial charge in [-0.15, -0.1) is 0 Å². The Morgan fingerprint density at radius 3 is 2.50 bits per heavy atom. The van der Waals surface area contributed by atoms with Crippen LogP contribution in [0.4, 0.5) is 0 Å². The van der Waals surface area contributed by atoms with Gasteiger partial charge in [-0.25, -0.2) is 0 Å². The van der Waals surface area contributed by atoms with E-state index in [9.17, 15) is 0 Å². The summed E-state index contributed by atoms with van der Waals surface area (Å²) in [5.74, 6) is 1.32. The van der Waals surface area contributed by atoms with Crippen molar-refractivity contribution < 1.29 is 4.74 Å². The van der Waals surface area contributed by atoms with Crippen molar-refractivity contribution in [2.24, 2.45) is 5.73 Å². The summed E-state index contributed by atoms with van der Waals surface area (Å²) in [6.45, 7) is 2.16. The highest BCUT2D eigenvalue weighted by Gasteiger charge is 2.08. The lowest BCUT2D eigenvalue weighted by atomic mass is 10.1. The van der Waals surface area contributed by atoms with E-state index >= 15 is 0 Å². The van der Waals surface area contributed by atoms with E-state index < -0.39 is 0 Å². The minimum Gasteiger partial charge on any atom is -0.457 e. The molecule has 0 aromatic heterocycles. The molecule has 0 saturated heterocycles. The Labute approximate surface area is 129 Å². The van der Waals surface area contributed by atoms with Crippen LogP contribution in [0.5, 0.6) is 11.5 Å². The summed E-state index contributed by atoms with van der Waals surface area (Å²) < 4.78 is 5.83. The fourth-order valence-corrected chi connectivity index (χ4v) is 2.25. The number of aryl methyl sites for hydroxylation is 1. The number of ether oxygens (including phenoxy) is 1. The summed E-state index contributed by atoms with van der Waals surface area (Å²) in [6, 6.07) is 13.2. The minimum absolute atomic E-state index is 0.291. The first-order valence-corrected chi connectivity index (χ1v) is 7.25. The highest BCUT2D eigenvalue weighted by Crippen LogP contribution is 2.28. The van der Waals surface area contributed by atoms with Crippen molar-refractivity contribution in [1.29, 1.82) is 0 Å². The van der Waals surface area contributed by atoms with Crippen LogP contribution in [0.2, 0.25) is 5.02 Å². The molecule has 0 saturated carbocycles. The van der Waals surface area contributed by atoms with Gasteiger partial charge in [-0.1, -0.05) is 49.3 Å². The SMILES string of the molecule is CCCc1ccc(Oc2cc(Cl)ccc2C(N)=S)cc1. The van der Waals surface area contributed by atoms with Crippen LogP contribution >= 0.6 is 23.8 Å². The third-order valence-electron chi connectivity index (χ3n) is 2.90. The molecule has 20 heavy (non-hydrogen) atoms. The molecular weight excluding hydrogens is 290 g/mol. The van der Waals surface area contributed by atoms with Crippen LogP contribution in [0, 0.1) is 0 Å². The summed E-state index contributed by atoms with van der Waals surface area (Å²) in [7, 11) is 0. The van der Waals surface area contributed by atoms with Crippen LogP contribution in [0.1, 0.15) is 24.5 Å². The molecule has 0 atom stereocenters. The maximum atomic E-state index is 5.99. The Morgan fingerprint density at radius 1 is 1.20 bits per heavy atom. The molecule has 0 aliphatic carbocycles. The molecule has 0 radical (unpaired) electrons. The fraction of sp³-hybridized carbons (Fsp3) is 0.188.